The van der Waals surface area contributed by atoms with Crippen LogP contribution in [0.25, 0.3) is 0 Å². The largest absolute Gasteiger partial charge is 0.461 e. The Morgan fingerprint density at radius 2 is 1.78 bits per heavy atom. The molecule has 18 heavy (non-hydrogen) atoms. The zero-order chi connectivity index (χ0) is 13.7. The van der Waals surface area contributed by atoms with E-state index in [0.29, 0.717) is 5.95 Å². The van der Waals surface area contributed by atoms with Crippen molar-refractivity contribution >= 4 is 11.9 Å². The maximum Gasteiger partial charge on any atom is 0.323 e. The number of aromatic nitrogens is 3. The van der Waals surface area contributed by atoms with Crippen LogP contribution in [0.2, 0.25) is 0 Å². The van der Waals surface area contributed by atoms with Crippen molar-refractivity contribution in [2.75, 3.05) is 44.9 Å². The van der Waals surface area contributed by atoms with Crippen LogP contribution in [0.3, 0.4) is 0 Å². The lowest BCUT2D eigenvalue weighted by Crippen LogP contribution is -2.30. The van der Waals surface area contributed by atoms with E-state index >= 15 is 0 Å². The summed E-state index contributed by atoms with van der Waals surface area (Å²) in [5, 5.41) is 0. The summed E-state index contributed by atoms with van der Waals surface area (Å²) in [5.41, 5.74) is 5.65. The fraction of sp³-hybridized carbons (Fsp3) is 0.727. The van der Waals surface area contributed by atoms with Crippen molar-refractivity contribution in [1.29, 1.82) is 0 Å². The smallest absolute Gasteiger partial charge is 0.323 e. The van der Waals surface area contributed by atoms with E-state index in [1.54, 1.807) is 0 Å². The van der Waals surface area contributed by atoms with Gasteiger partial charge < -0.3 is 20.3 Å². The van der Waals surface area contributed by atoms with Crippen molar-refractivity contribution in [2.24, 2.45) is 0 Å². The normalized spacial score (nSPS) is 11.1. The predicted molar refractivity (Wildman–Crippen MR) is 71.8 cm³/mol. The third kappa shape index (κ3) is 4.70. The van der Waals surface area contributed by atoms with Crippen molar-refractivity contribution in [3.8, 4) is 6.01 Å². The highest BCUT2D eigenvalue weighted by atomic mass is 16.5. The molecule has 7 heteroatoms. The average Bonchev–Trinajstić information content (AvgIpc) is 2.23. The Morgan fingerprint density at radius 3 is 2.33 bits per heavy atom. The lowest BCUT2D eigenvalue weighted by molar-refractivity contribution is 0.222. The van der Waals surface area contributed by atoms with Crippen molar-refractivity contribution in [1.82, 2.24) is 19.9 Å². The number of ether oxygens (including phenoxy) is 1. The van der Waals surface area contributed by atoms with Gasteiger partial charge in [-0.05, 0) is 27.9 Å². The van der Waals surface area contributed by atoms with Gasteiger partial charge in [-0.2, -0.15) is 15.0 Å². The second kappa shape index (κ2) is 6.34. The van der Waals surface area contributed by atoms with Gasteiger partial charge in [0.05, 0.1) is 6.10 Å². The van der Waals surface area contributed by atoms with E-state index in [2.05, 4.69) is 19.9 Å². The van der Waals surface area contributed by atoms with E-state index in [9.17, 15) is 0 Å². The van der Waals surface area contributed by atoms with E-state index in [1.165, 1.54) is 0 Å². The number of hydrogen-bond acceptors (Lipinski definition) is 7. The Hall–Kier alpha value is -1.63. The fourth-order valence-electron chi connectivity index (χ4n) is 1.25. The van der Waals surface area contributed by atoms with Gasteiger partial charge in [0, 0.05) is 20.1 Å². The van der Waals surface area contributed by atoms with Crippen LogP contribution in [0, 0.1) is 0 Å². The molecule has 1 aromatic heterocycles. The van der Waals surface area contributed by atoms with Crippen molar-refractivity contribution < 1.29 is 4.74 Å². The number of nitrogen functional groups attached to an aromatic ring is 1. The van der Waals surface area contributed by atoms with Crippen molar-refractivity contribution in [3.05, 3.63) is 0 Å². The first kappa shape index (κ1) is 14.4. The molecule has 7 nitrogen and oxygen atoms in total. The monoisotopic (exact) mass is 254 g/mol. The first-order valence-electron chi connectivity index (χ1n) is 5.92. The molecule has 0 aliphatic rings. The van der Waals surface area contributed by atoms with Gasteiger partial charge in [0.2, 0.25) is 11.9 Å². The number of nitrogens with two attached hydrogens (primary N) is 1. The summed E-state index contributed by atoms with van der Waals surface area (Å²) in [4.78, 5) is 16.3. The Balaban J connectivity index is 2.78. The van der Waals surface area contributed by atoms with Crippen LogP contribution in [0.15, 0.2) is 0 Å². The fourth-order valence-corrected chi connectivity index (χ4v) is 1.25. The van der Waals surface area contributed by atoms with Crippen LogP contribution in [0.1, 0.15) is 13.8 Å². The minimum absolute atomic E-state index is 0.00623. The van der Waals surface area contributed by atoms with E-state index in [0.717, 1.165) is 13.1 Å². The molecule has 0 spiro atoms. The number of rotatable bonds is 6. The second-order valence-corrected chi connectivity index (χ2v) is 4.67. The number of nitrogens with zero attached hydrogens (tertiary/aromatic N) is 5. The average molecular weight is 254 g/mol. The maximum atomic E-state index is 5.65. The molecule has 2 N–H and O–H groups in total. The van der Waals surface area contributed by atoms with Crippen LogP contribution in [-0.4, -0.2) is 60.2 Å². The molecule has 0 fully saturated rings. The van der Waals surface area contributed by atoms with Crippen LogP contribution in [-0.2, 0) is 0 Å². The molecule has 0 amide bonds. The first-order valence-corrected chi connectivity index (χ1v) is 5.92. The predicted octanol–water partition coefficient (Wildman–Crippen LogP) is 0.239. The Bertz CT molecular complexity index is 382. The number of likely N-dealkylation sites (N-methyl/N-ethyl adjacent to an activating group) is 2. The highest BCUT2D eigenvalue weighted by molar-refractivity contribution is 5.34. The van der Waals surface area contributed by atoms with Gasteiger partial charge in [0.25, 0.3) is 0 Å². The summed E-state index contributed by atoms with van der Waals surface area (Å²) in [6.07, 6.45) is 0.00623. The third-order valence-corrected chi connectivity index (χ3v) is 2.19. The molecule has 0 saturated heterocycles. The van der Waals surface area contributed by atoms with Crippen LogP contribution < -0.4 is 15.4 Å². The van der Waals surface area contributed by atoms with Crippen molar-refractivity contribution in [2.45, 2.75) is 20.0 Å². The van der Waals surface area contributed by atoms with E-state index in [4.69, 9.17) is 10.5 Å². The van der Waals surface area contributed by atoms with E-state index in [-0.39, 0.29) is 18.1 Å². The standard InChI is InChI=1S/C11H22N6O/c1-8(2)18-11-14-9(12)13-10(15-11)17(5)7-6-16(3)4/h8H,6-7H2,1-5H3,(H2,12,13,14,15). The minimum atomic E-state index is 0.00623. The molecule has 0 aliphatic carbocycles. The lowest BCUT2D eigenvalue weighted by atomic mass is 10.5. The Kier molecular flexibility index (Phi) is 5.08. The van der Waals surface area contributed by atoms with Crippen LogP contribution in [0.5, 0.6) is 6.01 Å². The molecule has 0 aromatic carbocycles. The van der Waals surface area contributed by atoms with Gasteiger partial charge in [-0.1, -0.05) is 0 Å². The summed E-state index contributed by atoms with van der Waals surface area (Å²) >= 11 is 0. The van der Waals surface area contributed by atoms with E-state index < -0.39 is 0 Å². The SMILES string of the molecule is CC(C)Oc1nc(N)nc(N(C)CCN(C)C)n1. The molecule has 0 bridgehead atoms. The molecule has 1 aromatic rings. The quantitative estimate of drug-likeness (QED) is 0.778. The molecule has 1 rings (SSSR count). The minimum Gasteiger partial charge on any atom is -0.461 e. The molecule has 0 radical (unpaired) electrons. The summed E-state index contributed by atoms with van der Waals surface area (Å²) in [6, 6.07) is 0.268. The zero-order valence-electron chi connectivity index (χ0n) is 11.7. The molecular formula is C11H22N6O. The van der Waals surface area contributed by atoms with Gasteiger partial charge in [0.1, 0.15) is 0 Å². The molecule has 0 unspecified atom stereocenters. The van der Waals surface area contributed by atoms with Gasteiger partial charge in [-0.15, -0.1) is 0 Å². The number of anilines is 2. The third-order valence-electron chi connectivity index (χ3n) is 2.19. The molecule has 102 valence electrons. The van der Waals surface area contributed by atoms with Crippen LogP contribution in [0.4, 0.5) is 11.9 Å². The lowest BCUT2D eigenvalue weighted by Gasteiger charge is -2.20. The highest BCUT2D eigenvalue weighted by Crippen LogP contribution is 2.13. The zero-order valence-corrected chi connectivity index (χ0v) is 11.7. The molecule has 0 saturated carbocycles. The van der Waals surface area contributed by atoms with Crippen LogP contribution >= 0.6 is 0 Å². The van der Waals surface area contributed by atoms with Gasteiger partial charge in [-0.25, -0.2) is 0 Å². The topological polar surface area (TPSA) is 80.4 Å². The van der Waals surface area contributed by atoms with Gasteiger partial charge in [0.15, 0.2) is 0 Å². The number of hydrogen-bond donors (Lipinski definition) is 1. The molecular weight excluding hydrogens is 232 g/mol. The summed E-state index contributed by atoms with van der Waals surface area (Å²) < 4.78 is 5.43. The Morgan fingerprint density at radius 1 is 1.11 bits per heavy atom. The first-order chi connectivity index (χ1) is 8.38. The van der Waals surface area contributed by atoms with E-state index in [1.807, 2.05) is 39.9 Å². The highest BCUT2D eigenvalue weighted by Gasteiger charge is 2.10. The summed E-state index contributed by atoms with van der Waals surface area (Å²) in [6.45, 7) is 5.53. The van der Waals surface area contributed by atoms with Crippen molar-refractivity contribution in [3.63, 3.8) is 0 Å². The van der Waals surface area contributed by atoms with Gasteiger partial charge >= 0.3 is 6.01 Å². The molecule has 0 atom stereocenters. The molecule has 0 aliphatic heterocycles. The Labute approximate surface area is 108 Å². The maximum absolute atomic E-state index is 5.65. The second-order valence-electron chi connectivity index (χ2n) is 4.67. The summed E-state index contributed by atoms with van der Waals surface area (Å²) in [7, 11) is 5.95. The molecule has 1 heterocycles. The van der Waals surface area contributed by atoms with Gasteiger partial charge in [-0.3, -0.25) is 0 Å². The summed E-state index contributed by atoms with van der Waals surface area (Å²) in [5.74, 6) is 0.701.